The molecule has 356 valence electrons. The highest BCUT2D eigenvalue weighted by molar-refractivity contribution is 5.97. The largest absolute Gasteiger partial charge is 0.512 e. The van der Waals surface area contributed by atoms with Crippen LogP contribution in [0.25, 0.3) is 0 Å². The molecule has 0 fully saturated rings. The van der Waals surface area contributed by atoms with E-state index in [4.69, 9.17) is 43.0 Å². The van der Waals surface area contributed by atoms with Gasteiger partial charge in [0.25, 0.3) is 11.4 Å². The van der Waals surface area contributed by atoms with Crippen LogP contribution in [0.3, 0.4) is 0 Å². The van der Waals surface area contributed by atoms with Crippen LogP contribution in [0, 0.1) is 20.2 Å². The van der Waals surface area contributed by atoms with Crippen molar-refractivity contribution in [2.75, 3.05) is 53.4 Å². The van der Waals surface area contributed by atoms with Gasteiger partial charge in [0.1, 0.15) is 13.2 Å². The van der Waals surface area contributed by atoms with Crippen molar-refractivity contribution in [1.29, 1.82) is 0 Å². The maximum Gasteiger partial charge on any atom is 0.512 e. The van der Waals surface area contributed by atoms with Gasteiger partial charge in [0.2, 0.25) is 0 Å². The molecule has 0 saturated heterocycles. The number of aryl methyl sites for hydroxylation is 2. The van der Waals surface area contributed by atoms with Gasteiger partial charge in [-0.15, -0.1) is 10.2 Å². The second kappa shape index (κ2) is 27.1. The van der Waals surface area contributed by atoms with Crippen LogP contribution in [0.15, 0.2) is 48.8 Å². The van der Waals surface area contributed by atoms with Crippen molar-refractivity contribution in [3.63, 3.8) is 0 Å². The van der Waals surface area contributed by atoms with Gasteiger partial charge in [0, 0.05) is 81.7 Å². The zero-order valence-corrected chi connectivity index (χ0v) is 36.0. The molecule has 0 bridgehead atoms. The Morgan fingerprint density at radius 1 is 0.697 bits per heavy atom. The number of benzene rings is 2. The number of rotatable bonds is 30. The molecule has 4 aromatic rings. The Labute approximate surface area is 375 Å². The summed E-state index contributed by atoms with van der Waals surface area (Å²) in [4.78, 5) is 85.8. The lowest BCUT2D eigenvalue weighted by molar-refractivity contribution is -0.386. The van der Waals surface area contributed by atoms with Gasteiger partial charge in [0.05, 0.1) is 78.5 Å². The molecule has 1 N–H and O–H groups in total. The van der Waals surface area contributed by atoms with Crippen LogP contribution in [0.1, 0.15) is 69.4 Å². The molecule has 2 heterocycles. The Balaban J connectivity index is 1.28. The van der Waals surface area contributed by atoms with E-state index >= 15 is 0 Å². The Kier molecular flexibility index (Phi) is 21.1. The molecule has 1 unspecified atom stereocenters. The van der Waals surface area contributed by atoms with E-state index in [2.05, 4.69) is 20.6 Å². The molecule has 0 amide bonds. The number of aromatic nitrogens is 6. The molecule has 0 spiro atoms. The fourth-order valence-corrected chi connectivity index (χ4v) is 5.63. The monoisotopic (exact) mass is 928 g/mol. The summed E-state index contributed by atoms with van der Waals surface area (Å²) in [7, 11) is 1.56. The van der Waals surface area contributed by atoms with E-state index < -0.39 is 70.6 Å². The molecule has 4 rings (SSSR count). The summed E-state index contributed by atoms with van der Waals surface area (Å²) >= 11 is 0. The number of methoxy groups -OCH3 is 1. The highest BCUT2D eigenvalue weighted by Gasteiger charge is 2.31. The zero-order chi connectivity index (χ0) is 47.8. The van der Waals surface area contributed by atoms with Crippen LogP contribution < -0.4 is 0 Å². The lowest BCUT2D eigenvalue weighted by Crippen LogP contribution is -2.34. The molecule has 0 aliphatic rings. The van der Waals surface area contributed by atoms with Gasteiger partial charge in [-0.1, -0.05) is 22.6 Å². The number of aliphatic hydroxyl groups is 1. The van der Waals surface area contributed by atoms with Crippen molar-refractivity contribution in [2.24, 2.45) is 0 Å². The lowest BCUT2D eigenvalue weighted by Gasteiger charge is -2.16. The first-order valence-corrected chi connectivity index (χ1v) is 20.3. The number of nitro groups is 2. The normalized spacial score (nSPS) is 11.4. The third-order valence-electron chi connectivity index (χ3n) is 8.98. The second-order valence-corrected chi connectivity index (χ2v) is 13.7. The first kappa shape index (κ1) is 51.3. The van der Waals surface area contributed by atoms with Crippen LogP contribution >= 0.6 is 0 Å². The van der Waals surface area contributed by atoms with Crippen molar-refractivity contribution in [3.8, 4) is 0 Å². The second-order valence-electron chi connectivity index (χ2n) is 13.7. The van der Waals surface area contributed by atoms with E-state index in [-0.39, 0.29) is 61.2 Å². The van der Waals surface area contributed by atoms with Crippen LogP contribution in [0.2, 0.25) is 0 Å². The van der Waals surface area contributed by atoms with Crippen LogP contribution in [-0.2, 0) is 81.8 Å². The number of esters is 1. The summed E-state index contributed by atoms with van der Waals surface area (Å²) in [5, 5.41) is 48.6. The van der Waals surface area contributed by atoms with E-state index in [0.717, 1.165) is 12.1 Å². The summed E-state index contributed by atoms with van der Waals surface area (Å²) in [5.41, 5.74) is -0.469. The molecule has 26 nitrogen and oxygen atoms in total. The minimum atomic E-state index is -2.41. The number of hydrogen-bond donors (Lipinski definition) is 1. The minimum Gasteiger partial charge on any atom is -0.460 e. The number of nitro benzene ring substituents is 2. The zero-order valence-electron chi connectivity index (χ0n) is 36.0. The highest BCUT2D eigenvalue weighted by Crippen LogP contribution is 2.25. The summed E-state index contributed by atoms with van der Waals surface area (Å²) in [6.07, 6.45) is -1.61. The average Bonchev–Trinajstić information content (AvgIpc) is 3.97. The number of hydrogen-bond acceptors (Lipinski definition) is 22. The molecular formula is C40H48N8O18. The predicted octanol–water partition coefficient (Wildman–Crippen LogP) is 3.27. The SMILES string of the molecule is CCOC(=O)C(OC(=O)OCc1ccc(C(=O)CCc2cn(CCOCCCO)nn2)cc1[N+](=O)[O-])OC(=O)OCc1ccc(C(=O)CCc2cn(CCOCCOC)nn2)cc1[N+](=O)[O-]. The third kappa shape index (κ3) is 17.0. The standard InChI is InChI=1S/C40H48N8O18/c1-3-62-37(52)38(65-39(53)63-25-29-7-5-27(21-33(29)47(55)56)35(50)11-9-31-23-45(43-41-31)13-17-60-16-4-15-49)66-40(54)64-26-30-8-6-28(22-34(30)48(57)58)36(51)12-10-32-24-46(44-42-32)14-18-61-20-19-59-2/h5-8,21-24,38,49H,3-4,9-20,25-26H2,1-2H3. The quantitative estimate of drug-likeness (QED) is 0.0149. The summed E-state index contributed by atoms with van der Waals surface area (Å²) in [5.74, 6) is -2.27. The molecule has 0 saturated carbocycles. The van der Waals surface area contributed by atoms with Crippen LogP contribution in [-0.4, -0.2) is 134 Å². The van der Waals surface area contributed by atoms with Gasteiger partial charge in [-0.2, -0.15) is 0 Å². The van der Waals surface area contributed by atoms with Gasteiger partial charge in [-0.05, 0) is 25.5 Å². The van der Waals surface area contributed by atoms with Gasteiger partial charge in [-0.3, -0.25) is 29.8 Å². The Morgan fingerprint density at radius 3 is 1.62 bits per heavy atom. The fraction of sp³-hybridized carbons (Fsp3) is 0.475. The van der Waals surface area contributed by atoms with Gasteiger partial charge in [-0.25, -0.2) is 23.7 Å². The van der Waals surface area contributed by atoms with E-state index in [1.807, 2.05) is 0 Å². The fourth-order valence-electron chi connectivity index (χ4n) is 5.63. The number of carbonyl (C=O) groups is 5. The number of nitrogens with zero attached hydrogens (tertiary/aromatic N) is 8. The molecule has 0 radical (unpaired) electrons. The maximum atomic E-state index is 12.9. The number of aliphatic hydroxyl groups excluding tert-OH is 1. The van der Waals surface area contributed by atoms with Crippen molar-refractivity contribution in [2.45, 2.75) is 71.6 Å². The van der Waals surface area contributed by atoms with Crippen molar-refractivity contribution >= 4 is 41.2 Å². The van der Waals surface area contributed by atoms with Gasteiger partial charge in [0.15, 0.2) is 11.6 Å². The van der Waals surface area contributed by atoms with E-state index in [9.17, 15) is 44.2 Å². The molecular weight excluding hydrogens is 880 g/mol. The molecule has 0 aliphatic heterocycles. The number of ketones is 2. The molecule has 2 aromatic heterocycles. The van der Waals surface area contributed by atoms with E-state index in [0.29, 0.717) is 63.9 Å². The first-order chi connectivity index (χ1) is 31.8. The predicted molar refractivity (Wildman–Crippen MR) is 220 cm³/mol. The summed E-state index contributed by atoms with van der Waals surface area (Å²) < 4.78 is 43.0. The Bertz CT molecular complexity index is 2130. The molecule has 26 heteroatoms. The Morgan fingerprint density at radius 2 is 1.18 bits per heavy atom. The highest BCUT2D eigenvalue weighted by atomic mass is 16.8. The molecule has 66 heavy (non-hydrogen) atoms. The molecule has 2 aromatic carbocycles. The average molecular weight is 929 g/mol. The third-order valence-corrected chi connectivity index (χ3v) is 8.98. The number of Topliss-reactive ketones (excluding diaryl/α,β-unsaturated/α-hetero) is 2. The smallest absolute Gasteiger partial charge is 0.460 e. The van der Waals surface area contributed by atoms with E-state index in [1.165, 1.54) is 35.9 Å². The summed E-state index contributed by atoms with van der Waals surface area (Å²) in [6, 6.07) is 6.97. The molecule has 0 aliphatic carbocycles. The maximum absolute atomic E-state index is 12.9. The first-order valence-electron chi connectivity index (χ1n) is 20.3. The van der Waals surface area contributed by atoms with Gasteiger partial charge >= 0.3 is 24.6 Å². The lowest BCUT2D eigenvalue weighted by atomic mass is 10.0. The number of ether oxygens (including phenoxy) is 8. The van der Waals surface area contributed by atoms with Crippen molar-refractivity contribution in [3.05, 3.63) is 103 Å². The summed E-state index contributed by atoms with van der Waals surface area (Å²) in [6.45, 7) is 2.40. The topological polar surface area (TPSA) is 327 Å². The Hall–Kier alpha value is -7.29. The molecule has 1 atom stereocenters. The van der Waals surface area contributed by atoms with Crippen LogP contribution in [0.5, 0.6) is 0 Å². The minimum absolute atomic E-state index is 0.000590. The van der Waals surface area contributed by atoms with Crippen molar-refractivity contribution in [1.82, 2.24) is 30.0 Å². The number of carbonyl (C=O) groups excluding carboxylic acids is 5. The van der Waals surface area contributed by atoms with Crippen molar-refractivity contribution < 1.29 is 76.8 Å². The van der Waals surface area contributed by atoms with E-state index in [1.54, 1.807) is 24.2 Å². The van der Waals surface area contributed by atoms with Crippen LogP contribution in [0.4, 0.5) is 21.0 Å². The van der Waals surface area contributed by atoms with Gasteiger partial charge < -0.3 is 43.0 Å².